The summed E-state index contributed by atoms with van der Waals surface area (Å²) in [6.07, 6.45) is 3.79. The number of rotatable bonds is 6. The van der Waals surface area contributed by atoms with Gasteiger partial charge in [-0.05, 0) is 37.5 Å². The number of nitrogens with zero attached hydrogens (tertiary/aromatic N) is 1. The zero-order valence-electron chi connectivity index (χ0n) is 11.7. The molecule has 2 nitrogen and oxygen atoms in total. The van der Waals surface area contributed by atoms with Crippen LogP contribution in [-0.4, -0.2) is 11.0 Å². The normalized spacial score (nSPS) is 13.1. The summed E-state index contributed by atoms with van der Waals surface area (Å²) in [5.74, 6) is 0.798. The van der Waals surface area contributed by atoms with E-state index in [1.54, 1.807) is 11.3 Å². The third-order valence-corrected chi connectivity index (χ3v) is 4.60. The van der Waals surface area contributed by atoms with E-state index in [0.717, 1.165) is 21.0 Å². The summed E-state index contributed by atoms with van der Waals surface area (Å²) in [6.45, 7) is 6.80. The van der Waals surface area contributed by atoms with Crippen molar-refractivity contribution in [3.8, 4) is 0 Å². The number of hydrogen-bond donors (Lipinski definition) is 1. The van der Waals surface area contributed by atoms with Gasteiger partial charge in [0.15, 0.2) is 5.13 Å². The maximum absolute atomic E-state index is 4.63. The molecule has 0 aliphatic rings. The molecule has 1 heterocycles. The molecule has 1 N–H and O–H groups in total. The Bertz CT molecular complexity index is 536. The molecule has 1 aromatic carbocycles. The highest BCUT2D eigenvalue weighted by atomic mass is 79.9. The molecule has 2 rings (SSSR count). The Morgan fingerprint density at radius 1 is 1.26 bits per heavy atom. The van der Waals surface area contributed by atoms with Crippen LogP contribution in [0, 0.1) is 5.92 Å². The molecule has 0 spiro atoms. The van der Waals surface area contributed by atoms with Crippen molar-refractivity contribution in [2.45, 2.75) is 46.1 Å². The number of fused-ring (bicyclic) bond motifs is 1. The Hall–Kier alpha value is -0.610. The Balaban J connectivity index is 1.93. The molecule has 19 heavy (non-hydrogen) atoms. The molecule has 0 amide bonds. The number of hydrogen-bond acceptors (Lipinski definition) is 3. The topological polar surface area (TPSA) is 24.9 Å². The van der Waals surface area contributed by atoms with Gasteiger partial charge in [0.05, 0.1) is 10.2 Å². The first-order chi connectivity index (χ1) is 9.04. The average molecular weight is 341 g/mol. The van der Waals surface area contributed by atoms with E-state index in [2.05, 4.69) is 65.2 Å². The third-order valence-electron chi connectivity index (χ3n) is 3.14. The summed E-state index contributed by atoms with van der Waals surface area (Å²) in [5.41, 5.74) is 1.07. The standard InChI is InChI=1S/C15H21BrN2S/c1-10(2)5-4-6-11(3)17-15-18-13-9-12(16)7-8-14(13)19-15/h7-11H,4-6H2,1-3H3,(H,17,18). The van der Waals surface area contributed by atoms with Crippen molar-refractivity contribution < 1.29 is 0 Å². The molecular formula is C15H21BrN2S. The molecule has 1 aromatic heterocycles. The van der Waals surface area contributed by atoms with Gasteiger partial charge < -0.3 is 5.32 Å². The molecular weight excluding hydrogens is 320 g/mol. The van der Waals surface area contributed by atoms with Gasteiger partial charge in [-0.3, -0.25) is 0 Å². The smallest absolute Gasteiger partial charge is 0.183 e. The van der Waals surface area contributed by atoms with Gasteiger partial charge in [0.25, 0.3) is 0 Å². The maximum atomic E-state index is 4.63. The summed E-state index contributed by atoms with van der Waals surface area (Å²) >= 11 is 5.22. The fraction of sp³-hybridized carbons (Fsp3) is 0.533. The van der Waals surface area contributed by atoms with Crippen LogP contribution in [0.4, 0.5) is 5.13 Å². The van der Waals surface area contributed by atoms with Crippen molar-refractivity contribution in [2.24, 2.45) is 5.92 Å². The van der Waals surface area contributed by atoms with Crippen LogP contribution < -0.4 is 5.32 Å². The second kappa shape index (κ2) is 6.71. The minimum absolute atomic E-state index is 0.489. The molecule has 0 fully saturated rings. The second-order valence-corrected chi connectivity index (χ2v) is 7.45. The third kappa shape index (κ3) is 4.46. The van der Waals surface area contributed by atoms with Crippen LogP contribution in [0.15, 0.2) is 22.7 Å². The highest BCUT2D eigenvalue weighted by molar-refractivity contribution is 9.10. The van der Waals surface area contributed by atoms with E-state index < -0.39 is 0 Å². The Labute approximate surface area is 127 Å². The summed E-state index contributed by atoms with van der Waals surface area (Å²) in [5, 5.41) is 4.55. The van der Waals surface area contributed by atoms with E-state index in [1.807, 2.05) is 0 Å². The van der Waals surface area contributed by atoms with Gasteiger partial charge in [0, 0.05) is 10.5 Å². The summed E-state index contributed by atoms with van der Waals surface area (Å²) in [6, 6.07) is 6.74. The van der Waals surface area contributed by atoms with E-state index in [9.17, 15) is 0 Å². The maximum Gasteiger partial charge on any atom is 0.183 e. The fourth-order valence-corrected chi connectivity index (χ4v) is 3.38. The molecule has 104 valence electrons. The van der Waals surface area contributed by atoms with Gasteiger partial charge >= 0.3 is 0 Å². The molecule has 1 unspecified atom stereocenters. The zero-order chi connectivity index (χ0) is 13.8. The SMILES string of the molecule is CC(C)CCCC(C)Nc1nc2cc(Br)ccc2s1. The molecule has 0 aliphatic carbocycles. The van der Waals surface area contributed by atoms with Crippen molar-refractivity contribution >= 4 is 42.6 Å². The van der Waals surface area contributed by atoms with E-state index in [4.69, 9.17) is 0 Å². The Morgan fingerprint density at radius 2 is 2.05 bits per heavy atom. The fourth-order valence-electron chi connectivity index (χ4n) is 2.08. The van der Waals surface area contributed by atoms with Gasteiger partial charge in [-0.25, -0.2) is 4.98 Å². The summed E-state index contributed by atoms with van der Waals surface area (Å²) < 4.78 is 2.32. The molecule has 4 heteroatoms. The zero-order valence-corrected chi connectivity index (χ0v) is 14.1. The minimum Gasteiger partial charge on any atom is -0.359 e. The molecule has 0 saturated heterocycles. The second-order valence-electron chi connectivity index (χ2n) is 5.50. The quantitative estimate of drug-likeness (QED) is 0.730. The van der Waals surface area contributed by atoms with Crippen LogP contribution in [-0.2, 0) is 0 Å². The molecule has 0 saturated carbocycles. The highest BCUT2D eigenvalue weighted by Gasteiger charge is 2.08. The van der Waals surface area contributed by atoms with Crippen LogP contribution in [0.2, 0.25) is 0 Å². The number of aromatic nitrogens is 1. The highest BCUT2D eigenvalue weighted by Crippen LogP contribution is 2.28. The van der Waals surface area contributed by atoms with E-state index >= 15 is 0 Å². The number of halogens is 1. The van der Waals surface area contributed by atoms with Crippen LogP contribution in [0.3, 0.4) is 0 Å². The lowest BCUT2D eigenvalue weighted by Crippen LogP contribution is -2.14. The Morgan fingerprint density at radius 3 is 2.79 bits per heavy atom. The molecule has 0 aliphatic heterocycles. The van der Waals surface area contributed by atoms with E-state index in [0.29, 0.717) is 6.04 Å². The first kappa shape index (κ1) is 14.8. The summed E-state index contributed by atoms with van der Waals surface area (Å²) in [7, 11) is 0. The molecule has 1 atom stereocenters. The lowest BCUT2D eigenvalue weighted by molar-refractivity contribution is 0.520. The monoisotopic (exact) mass is 340 g/mol. The first-order valence-corrected chi connectivity index (χ1v) is 8.48. The average Bonchev–Trinajstić information content (AvgIpc) is 2.69. The van der Waals surface area contributed by atoms with Gasteiger partial charge in [-0.2, -0.15) is 0 Å². The van der Waals surface area contributed by atoms with Crippen molar-refractivity contribution in [3.05, 3.63) is 22.7 Å². The summed E-state index contributed by atoms with van der Waals surface area (Å²) in [4.78, 5) is 4.63. The first-order valence-electron chi connectivity index (χ1n) is 6.87. The van der Waals surface area contributed by atoms with Gasteiger partial charge in [0.2, 0.25) is 0 Å². The number of anilines is 1. The van der Waals surface area contributed by atoms with Gasteiger partial charge in [-0.15, -0.1) is 0 Å². The van der Waals surface area contributed by atoms with Crippen LogP contribution in [0.1, 0.15) is 40.0 Å². The van der Waals surface area contributed by atoms with E-state index in [1.165, 1.54) is 24.0 Å². The number of benzene rings is 1. The number of nitrogens with one attached hydrogen (secondary N) is 1. The lowest BCUT2D eigenvalue weighted by atomic mass is 10.0. The molecule has 0 bridgehead atoms. The largest absolute Gasteiger partial charge is 0.359 e. The van der Waals surface area contributed by atoms with Gasteiger partial charge in [0.1, 0.15) is 0 Å². The van der Waals surface area contributed by atoms with Crippen LogP contribution in [0.5, 0.6) is 0 Å². The lowest BCUT2D eigenvalue weighted by Gasteiger charge is -2.13. The molecule has 2 aromatic rings. The number of thiazole rings is 1. The predicted molar refractivity (Wildman–Crippen MR) is 89.1 cm³/mol. The predicted octanol–water partition coefficient (Wildman–Crippen LogP) is 5.69. The van der Waals surface area contributed by atoms with Crippen molar-refractivity contribution in [2.75, 3.05) is 5.32 Å². The van der Waals surface area contributed by atoms with Crippen LogP contribution in [0.25, 0.3) is 10.2 Å². The Kier molecular flexibility index (Phi) is 5.22. The van der Waals surface area contributed by atoms with Crippen molar-refractivity contribution in [3.63, 3.8) is 0 Å². The minimum atomic E-state index is 0.489. The van der Waals surface area contributed by atoms with Crippen LogP contribution >= 0.6 is 27.3 Å². The molecule has 0 radical (unpaired) electrons. The van der Waals surface area contributed by atoms with Crippen molar-refractivity contribution in [1.29, 1.82) is 0 Å². The van der Waals surface area contributed by atoms with E-state index in [-0.39, 0.29) is 0 Å². The van der Waals surface area contributed by atoms with Gasteiger partial charge in [-0.1, -0.05) is 54.0 Å². The van der Waals surface area contributed by atoms with Crippen molar-refractivity contribution in [1.82, 2.24) is 4.98 Å².